The fourth-order valence-corrected chi connectivity index (χ4v) is 3.64. The van der Waals surface area contributed by atoms with Crippen molar-refractivity contribution in [2.24, 2.45) is 0 Å². The molecule has 0 saturated heterocycles. The molecule has 2 aromatic carbocycles. The van der Waals surface area contributed by atoms with E-state index in [2.05, 4.69) is 43.5 Å². The van der Waals surface area contributed by atoms with E-state index in [1.165, 1.54) is 5.56 Å². The van der Waals surface area contributed by atoms with Crippen LogP contribution in [0.1, 0.15) is 47.8 Å². The summed E-state index contributed by atoms with van der Waals surface area (Å²) in [5, 5.41) is 7.18. The van der Waals surface area contributed by atoms with E-state index in [9.17, 15) is 4.79 Å². The van der Waals surface area contributed by atoms with Crippen molar-refractivity contribution in [3.63, 3.8) is 0 Å². The standard InChI is InChI=1S/C22H27N3O2S/c1-14-6-11-19-17(12-14)18(13-22(2,3)27-19)24-21(28)23-16-9-7-15(8-10-16)20(26)25(4)5/h6-12,18H,13H2,1-5H3,(H2,23,24,28). The van der Waals surface area contributed by atoms with Crippen LogP contribution in [0.3, 0.4) is 0 Å². The van der Waals surface area contributed by atoms with Crippen molar-refractivity contribution in [2.75, 3.05) is 19.4 Å². The summed E-state index contributed by atoms with van der Waals surface area (Å²) in [6.45, 7) is 6.24. The molecule has 0 aromatic heterocycles. The van der Waals surface area contributed by atoms with Crippen LogP contribution in [0.25, 0.3) is 0 Å². The summed E-state index contributed by atoms with van der Waals surface area (Å²) in [6, 6.07) is 13.6. The van der Waals surface area contributed by atoms with E-state index in [1.54, 1.807) is 31.1 Å². The van der Waals surface area contributed by atoms with Crippen molar-refractivity contribution in [1.82, 2.24) is 10.2 Å². The first-order valence-electron chi connectivity index (χ1n) is 9.33. The van der Waals surface area contributed by atoms with Gasteiger partial charge in [0.1, 0.15) is 11.4 Å². The summed E-state index contributed by atoms with van der Waals surface area (Å²) in [5.74, 6) is 0.873. The zero-order valence-electron chi connectivity index (χ0n) is 17.0. The maximum atomic E-state index is 12.0. The second-order valence-corrected chi connectivity index (χ2v) is 8.44. The first-order valence-corrected chi connectivity index (χ1v) is 9.74. The van der Waals surface area contributed by atoms with Crippen molar-refractivity contribution in [3.05, 3.63) is 59.2 Å². The summed E-state index contributed by atoms with van der Waals surface area (Å²) < 4.78 is 6.12. The summed E-state index contributed by atoms with van der Waals surface area (Å²) in [5.41, 5.74) is 3.52. The number of ether oxygens (including phenoxy) is 1. The minimum atomic E-state index is -0.274. The number of nitrogens with zero attached hydrogens (tertiary/aromatic N) is 1. The fraction of sp³-hybridized carbons (Fsp3) is 0.364. The van der Waals surface area contributed by atoms with E-state index in [0.29, 0.717) is 10.7 Å². The third-order valence-corrected chi connectivity index (χ3v) is 4.94. The Balaban J connectivity index is 1.71. The van der Waals surface area contributed by atoms with Crippen LogP contribution in [-0.2, 0) is 0 Å². The zero-order valence-corrected chi connectivity index (χ0v) is 17.8. The Bertz CT molecular complexity index is 891. The van der Waals surface area contributed by atoms with Gasteiger partial charge in [-0.05, 0) is 63.3 Å². The highest BCUT2D eigenvalue weighted by Gasteiger charge is 2.34. The maximum absolute atomic E-state index is 12.0. The summed E-state index contributed by atoms with van der Waals surface area (Å²) in [6.07, 6.45) is 0.807. The molecule has 2 aromatic rings. The Kier molecular flexibility index (Phi) is 5.61. The van der Waals surface area contributed by atoms with E-state index >= 15 is 0 Å². The minimum Gasteiger partial charge on any atom is -0.487 e. The molecule has 0 aliphatic carbocycles. The number of thiocarbonyl (C=S) groups is 1. The lowest BCUT2D eigenvalue weighted by molar-refractivity contribution is 0.0696. The first kappa shape index (κ1) is 20.1. The molecule has 1 aliphatic rings. The predicted octanol–water partition coefficient (Wildman–Crippen LogP) is 4.29. The second-order valence-electron chi connectivity index (χ2n) is 8.04. The van der Waals surface area contributed by atoms with Gasteiger partial charge in [-0.1, -0.05) is 17.7 Å². The van der Waals surface area contributed by atoms with Crippen molar-refractivity contribution < 1.29 is 9.53 Å². The smallest absolute Gasteiger partial charge is 0.253 e. The lowest BCUT2D eigenvalue weighted by Gasteiger charge is -2.38. The molecule has 5 nitrogen and oxygen atoms in total. The highest BCUT2D eigenvalue weighted by Crippen LogP contribution is 2.39. The normalized spacial score (nSPS) is 17.1. The molecule has 1 atom stereocenters. The molecule has 1 amide bonds. The number of carbonyl (C=O) groups is 1. The average molecular weight is 398 g/mol. The van der Waals surface area contributed by atoms with Gasteiger partial charge in [-0.2, -0.15) is 0 Å². The number of fused-ring (bicyclic) bond motifs is 1. The molecule has 2 N–H and O–H groups in total. The molecule has 28 heavy (non-hydrogen) atoms. The molecule has 1 aliphatic heterocycles. The van der Waals surface area contributed by atoms with E-state index in [0.717, 1.165) is 23.4 Å². The molecule has 1 unspecified atom stereocenters. The number of hydrogen-bond donors (Lipinski definition) is 2. The zero-order chi connectivity index (χ0) is 20.5. The van der Waals surface area contributed by atoms with Crippen LogP contribution in [0.15, 0.2) is 42.5 Å². The number of rotatable bonds is 3. The van der Waals surface area contributed by atoms with Crippen LogP contribution in [0.4, 0.5) is 5.69 Å². The van der Waals surface area contributed by atoms with E-state index in [-0.39, 0.29) is 17.6 Å². The van der Waals surface area contributed by atoms with Gasteiger partial charge < -0.3 is 20.3 Å². The predicted molar refractivity (Wildman–Crippen MR) is 117 cm³/mol. The lowest BCUT2D eigenvalue weighted by atomic mass is 9.89. The van der Waals surface area contributed by atoms with E-state index in [1.807, 2.05) is 18.2 Å². The Hall–Kier alpha value is -2.60. The number of hydrogen-bond acceptors (Lipinski definition) is 3. The average Bonchev–Trinajstić information content (AvgIpc) is 2.61. The van der Waals surface area contributed by atoms with Crippen molar-refractivity contribution in [1.29, 1.82) is 0 Å². The molecular formula is C22H27N3O2S. The van der Waals surface area contributed by atoms with Gasteiger partial charge in [-0.15, -0.1) is 0 Å². The molecule has 0 saturated carbocycles. The summed E-state index contributed by atoms with van der Waals surface area (Å²) in [7, 11) is 3.48. The van der Waals surface area contributed by atoms with Gasteiger partial charge in [-0.25, -0.2) is 0 Å². The molecule has 3 rings (SSSR count). The highest BCUT2D eigenvalue weighted by molar-refractivity contribution is 7.80. The monoisotopic (exact) mass is 397 g/mol. The second kappa shape index (κ2) is 7.80. The number of anilines is 1. The van der Waals surface area contributed by atoms with Crippen LogP contribution in [0, 0.1) is 6.92 Å². The Morgan fingerprint density at radius 3 is 2.50 bits per heavy atom. The largest absolute Gasteiger partial charge is 0.487 e. The van der Waals surface area contributed by atoms with Gasteiger partial charge in [0.15, 0.2) is 5.11 Å². The minimum absolute atomic E-state index is 0.0244. The first-order chi connectivity index (χ1) is 13.1. The van der Waals surface area contributed by atoms with Crippen molar-refractivity contribution in [2.45, 2.75) is 38.8 Å². The van der Waals surface area contributed by atoms with Gasteiger partial charge in [0, 0.05) is 37.3 Å². The molecule has 148 valence electrons. The maximum Gasteiger partial charge on any atom is 0.253 e. The van der Waals surface area contributed by atoms with Crippen LogP contribution >= 0.6 is 12.2 Å². The van der Waals surface area contributed by atoms with Gasteiger partial charge in [0.25, 0.3) is 5.91 Å². The molecule has 0 radical (unpaired) electrons. The Morgan fingerprint density at radius 2 is 1.86 bits per heavy atom. The molecule has 0 bridgehead atoms. The fourth-order valence-electron chi connectivity index (χ4n) is 3.38. The van der Waals surface area contributed by atoms with Gasteiger partial charge in [0.05, 0.1) is 6.04 Å². The number of aryl methyl sites for hydroxylation is 1. The van der Waals surface area contributed by atoms with Crippen LogP contribution in [0.2, 0.25) is 0 Å². The number of carbonyl (C=O) groups excluding carboxylic acids is 1. The number of amides is 1. The van der Waals surface area contributed by atoms with Gasteiger partial charge >= 0.3 is 0 Å². The van der Waals surface area contributed by atoms with Gasteiger partial charge in [0.2, 0.25) is 0 Å². The lowest BCUT2D eigenvalue weighted by Crippen LogP contribution is -2.42. The Labute approximate surface area is 172 Å². The van der Waals surface area contributed by atoms with E-state index in [4.69, 9.17) is 17.0 Å². The molecule has 1 heterocycles. The Morgan fingerprint density at radius 1 is 1.18 bits per heavy atom. The highest BCUT2D eigenvalue weighted by atomic mass is 32.1. The third-order valence-electron chi connectivity index (χ3n) is 4.72. The molecule has 0 fully saturated rings. The van der Waals surface area contributed by atoms with E-state index < -0.39 is 0 Å². The molecule has 6 heteroatoms. The molecular weight excluding hydrogens is 370 g/mol. The SMILES string of the molecule is Cc1ccc2c(c1)C(NC(=S)Nc1ccc(C(=O)N(C)C)cc1)CC(C)(C)O2. The van der Waals surface area contributed by atoms with Crippen molar-refractivity contribution in [3.8, 4) is 5.75 Å². The van der Waals surface area contributed by atoms with Crippen LogP contribution in [0.5, 0.6) is 5.75 Å². The molecule has 0 spiro atoms. The van der Waals surface area contributed by atoms with Crippen LogP contribution < -0.4 is 15.4 Å². The van der Waals surface area contributed by atoms with Crippen molar-refractivity contribution >= 4 is 28.9 Å². The summed E-state index contributed by atoms with van der Waals surface area (Å²) in [4.78, 5) is 13.6. The number of nitrogens with one attached hydrogen (secondary N) is 2. The number of benzene rings is 2. The summed E-state index contributed by atoms with van der Waals surface area (Å²) >= 11 is 5.54. The third kappa shape index (κ3) is 4.62. The quantitative estimate of drug-likeness (QED) is 0.757. The van der Waals surface area contributed by atoms with Gasteiger partial charge in [-0.3, -0.25) is 4.79 Å². The topological polar surface area (TPSA) is 53.6 Å². The van der Waals surface area contributed by atoms with Crippen LogP contribution in [-0.4, -0.2) is 35.6 Å².